The lowest BCUT2D eigenvalue weighted by Crippen LogP contribution is -1.89. The van der Waals surface area contributed by atoms with E-state index in [4.69, 9.17) is 0 Å². The number of aryl methyl sites for hydroxylation is 1. The Hall–Kier alpha value is -2.28. The van der Waals surface area contributed by atoms with Gasteiger partial charge in [-0.05, 0) is 30.2 Å². The standard InChI is InChI=1S/C18H18O/c1-3-16(17-10-12-18(19)13-11-17)9-8-15-6-4-14(2)5-7-15/h3-13,16,19H,1H2,2H3/b9-8-. The Morgan fingerprint density at radius 1 is 1.00 bits per heavy atom. The van der Waals surface area contributed by atoms with Crippen LogP contribution in [-0.2, 0) is 0 Å². The van der Waals surface area contributed by atoms with Gasteiger partial charge in [0.2, 0.25) is 0 Å². The van der Waals surface area contributed by atoms with Crippen LogP contribution in [0.5, 0.6) is 5.75 Å². The fourth-order valence-corrected chi connectivity index (χ4v) is 1.91. The van der Waals surface area contributed by atoms with Gasteiger partial charge in [-0.25, -0.2) is 0 Å². The maximum Gasteiger partial charge on any atom is 0.115 e. The lowest BCUT2D eigenvalue weighted by Gasteiger charge is -2.08. The Labute approximate surface area is 114 Å². The molecule has 1 nitrogen and oxygen atoms in total. The van der Waals surface area contributed by atoms with E-state index in [0.29, 0.717) is 0 Å². The van der Waals surface area contributed by atoms with Crippen LogP contribution in [0.4, 0.5) is 0 Å². The number of allylic oxidation sites excluding steroid dienone is 2. The molecule has 0 amide bonds. The number of benzene rings is 2. The van der Waals surface area contributed by atoms with Gasteiger partial charge in [0.1, 0.15) is 5.75 Å². The first kappa shape index (κ1) is 13.2. The maximum atomic E-state index is 9.30. The van der Waals surface area contributed by atoms with Gasteiger partial charge in [-0.1, -0.05) is 60.2 Å². The van der Waals surface area contributed by atoms with E-state index in [2.05, 4.69) is 49.9 Å². The van der Waals surface area contributed by atoms with Crippen molar-refractivity contribution < 1.29 is 5.11 Å². The van der Waals surface area contributed by atoms with Crippen molar-refractivity contribution in [2.45, 2.75) is 12.8 Å². The molecule has 1 atom stereocenters. The second kappa shape index (κ2) is 6.05. The topological polar surface area (TPSA) is 20.2 Å². The molecule has 0 radical (unpaired) electrons. The Morgan fingerprint density at radius 2 is 1.63 bits per heavy atom. The molecule has 0 heterocycles. The fourth-order valence-electron chi connectivity index (χ4n) is 1.91. The van der Waals surface area contributed by atoms with Crippen LogP contribution >= 0.6 is 0 Å². The molecular formula is C18H18O. The Bertz CT molecular complexity index is 562. The number of phenolic OH excluding ortho intramolecular Hbond substituents is 1. The van der Waals surface area contributed by atoms with Crippen LogP contribution in [0, 0.1) is 6.92 Å². The van der Waals surface area contributed by atoms with Gasteiger partial charge in [0.25, 0.3) is 0 Å². The van der Waals surface area contributed by atoms with Crippen LogP contribution in [-0.4, -0.2) is 5.11 Å². The summed E-state index contributed by atoms with van der Waals surface area (Å²) in [6.07, 6.45) is 6.11. The highest BCUT2D eigenvalue weighted by molar-refractivity contribution is 5.52. The minimum atomic E-state index is 0.155. The largest absolute Gasteiger partial charge is 0.508 e. The molecule has 0 fully saturated rings. The van der Waals surface area contributed by atoms with Gasteiger partial charge in [0, 0.05) is 5.92 Å². The fraction of sp³-hybridized carbons (Fsp3) is 0.111. The molecule has 96 valence electrons. The van der Waals surface area contributed by atoms with Gasteiger partial charge in [0.15, 0.2) is 0 Å². The van der Waals surface area contributed by atoms with E-state index in [0.717, 1.165) is 5.56 Å². The van der Waals surface area contributed by atoms with E-state index in [1.807, 2.05) is 18.2 Å². The average molecular weight is 250 g/mol. The molecule has 19 heavy (non-hydrogen) atoms. The van der Waals surface area contributed by atoms with Crippen molar-refractivity contribution in [2.75, 3.05) is 0 Å². The summed E-state index contributed by atoms with van der Waals surface area (Å²) in [5.41, 5.74) is 3.56. The van der Waals surface area contributed by atoms with Crippen LogP contribution in [0.15, 0.2) is 67.3 Å². The van der Waals surface area contributed by atoms with Crippen LogP contribution in [0.1, 0.15) is 22.6 Å². The van der Waals surface area contributed by atoms with Crippen LogP contribution in [0.2, 0.25) is 0 Å². The number of phenols is 1. The minimum Gasteiger partial charge on any atom is -0.508 e. The van der Waals surface area contributed by atoms with Crippen molar-refractivity contribution in [3.8, 4) is 5.75 Å². The molecule has 0 aliphatic heterocycles. The molecule has 1 N–H and O–H groups in total. The molecule has 0 spiro atoms. The first-order valence-corrected chi connectivity index (χ1v) is 6.35. The highest BCUT2D eigenvalue weighted by Crippen LogP contribution is 2.22. The van der Waals surface area contributed by atoms with E-state index in [1.54, 1.807) is 12.1 Å². The normalized spacial score (nSPS) is 12.5. The third-order valence-corrected chi connectivity index (χ3v) is 3.11. The van der Waals surface area contributed by atoms with Gasteiger partial charge in [0.05, 0.1) is 0 Å². The summed E-state index contributed by atoms with van der Waals surface area (Å²) in [5, 5.41) is 9.30. The van der Waals surface area contributed by atoms with Crippen molar-refractivity contribution in [2.24, 2.45) is 0 Å². The van der Waals surface area contributed by atoms with E-state index < -0.39 is 0 Å². The van der Waals surface area contributed by atoms with Gasteiger partial charge < -0.3 is 5.11 Å². The molecule has 2 aromatic rings. The van der Waals surface area contributed by atoms with E-state index in [-0.39, 0.29) is 11.7 Å². The van der Waals surface area contributed by atoms with Crippen LogP contribution in [0.3, 0.4) is 0 Å². The highest BCUT2D eigenvalue weighted by atomic mass is 16.3. The second-order valence-electron chi connectivity index (χ2n) is 4.62. The first-order chi connectivity index (χ1) is 9.19. The summed E-state index contributed by atoms with van der Waals surface area (Å²) >= 11 is 0. The predicted octanol–water partition coefficient (Wildman–Crippen LogP) is 4.68. The molecule has 1 heteroatoms. The van der Waals surface area contributed by atoms with Crippen molar-refractivity contribution >= 4 is 6.08 Å². The smallest absolute Gasteiger partial charge is 0.115 e. The summed E-state index contributed by atoms with van der Waals surface area (Å²) in [6, 6.07) is 15.6. The van der Waals surface area contributed by atoms with Crippen LogP contribution < -0.4 is 0 Å². The van der Waals surface area contributed by atoms with Crippen LogP contribution in [0.25, 0.3) is 6.08 Å². The van der Waals surface area contributed by atoms with Crippen molar-refractivity contribution in [3.63, 3.8) is 0 Å². The van der Waals surface area contributed by atoms with Gasteiger partial charge >= 0.3 is 0 Å². The summed E-state index contributed by atoms with van der Waals surface area (Å²) in [7, 11) is 0. The quantitative estimate of drug-likeness (QED) is 0.781. The lowest BCUT2D eigenvalue weighted by atomic mass is 9.97. The predicted molar refractivity (Wildman–Crippen MR) is 81.3 cm³/mol. The zero-order valence-electron chi connectivity index (χ0n) is 11.1. The highest BCUT2D eigenvalue weighted by Gasteiger charge is 2.03. The summed E-state index contributed by atoms with van der Waals surface area (Å²) in [6.45, 7) is 5.95. The Kier molecular flexibility index (Phi) is 4.19. The van der Waals surface area contributed by atoms with E-state index in [9.17, 15) is 5.11 Å². The molecule has 1 unspecified atom stereocenters. The van der Waals surface area contributed by atoms with E-state index in [1.165, 1.54) is 11.1 Å². The summed E-state index contributed by atoms with van der Waals surface area (Å²) < 4.78 is 0. The molecule has 2 rings (SSSR count). The Balaban J connectivity index is 2.17. The summed E-state index contributed by atoms with van der Waals surface area (Å²) in [4.78, 5) is 0. The zero-order chi connectivity index (χ0) is 13.7. The molecule has 0 aliphatic carbocycles. The number of hydrogen-bond acceptors (Lipinski definition) is 1. The molecule has 0 bridgehead atoms. The van der Waals surface area contributed by atoms with Gasteiger partial charge in [-0.3, -0.25) is 0 Å². The molecule has 2 aromatic carbocycles. The lowest BCUT2D eigenvalue weighted by molar-refractivity contribution is 0.475. The second-order valence-corrected chi connectivity index (χ2v) is 4.62. The van der Waals surface area contributed by atoms with Crippen molar-refractivity contribution in [1.29, 1.82) is 0 Å². The number of rotatable bonds is 4. The van der Waals surface area contributed by atoms with Gasteiger partial charge in [-0.2, -0.15) is 0 Å². The SMILES string of the molecule is C=CC(/C=C\c1ccc(C)cc1)c1ccc(O)cc1. The molecule has 0 saturated carbocycles. The average Bonchev–Trinajstić information content (AvgIpc) is 2.43. The monoisotopic (exact) mass is 250 g/mol. The van der Waals surface area contributed by atoms with Crippen molar-refractivity contribution in [3.05, 3.63) is 84.0 Å². The Morgan fingerprint density at radius 3 is 2.21 bits per heavy atom. The summed E-state index contributed by atoms with van der Waals surface area (Å²) in [5.74, 6) is 0.441. The number of aromatic hydroxyl groups is 1. The van der Waals surface area contributed by atoms with Crippen molar-refractivity contribution in [1.82, 2.24) is 0 Å². The molecule has 0 saturated heterocycles. The van der Waals surface area contributed by atoms with E-state index >= 15 is 0 Å². The minimum absolute atomic E-state index is 0.155. The third-order valence-electron chi connectivity index (χ3n) is 3.11. The maximum absolute atomic E-state index is 9.30. The third kappa shape index (κ3) is 3.59. The molecule has 0 aliphatic rings. The molecular weight excluding hydrogens is 232 g/mol. The molecule has 0 aromatic heterocycles. The van der Waals surface area contributed by atoms with Gasteiger partial charge in [-0.15, -0.1) is 6.58 Å². The number of hydrogen-bond donors (Lipinski definition) is 1. The zero-order valence-corrected chi connectivity index (χ0v) is 11.1. The first-order valence-electron chi connectivity index (χ1n) is 6.35.